The molecule has 0 bridgehead atoms. The zero-order valence-corrected chi connectivity index (χ0v) is 13.5. The molecule has 0 fully saturated rings. The number of nitrogens with one attached hydrogen (secondary N) is 1. The van der Waals surface area contributed by atoms with E-state index in [4.69, 9.17) is 9.84 Å². The Kier molecular flexibility index (Phi) is 4.75. The summed E-state index contributed by atoms with van der Waals surface area (Å²) < 4.78 is 6.35. The lowest BCUT2D eigenvalue weighted by atomic mass is 10.2. The summed E-state index contributed by atoms with van der Waals surface area (Å²) in [4.78, 5) is 25.8. The van der Waals surface area contributed by atoms with Crippen LogP contribution in [0.3, 0.4) is 0 Å². The van der Waals surface area contributed by atoms with Gasteiger partial charge in [-0.15, -0.1) is 5.10 Å². The molecule has 1 amide bonds. The summed E-state index contributed by atoms with van der Waals surface area (Å²) >= 11 is 0. The number of β-amino-alcohol motifs (C(OH)–C–C–N with tert-alkyl or cyclic N) is 1. The van der Waals surface area contributed by atoms with Crippen molar-refractivity contribution in [1.82, 2.24) is 19.9 Å². The fourth-order valence-electron chi connectivity index (χ4n) is 2.54. The molecule has 0 aliphatic carbocycles. The largest absolute Gasteiger partial charge is 0.466 e. The molecular weight excluding hydrogens is 326 g/mol. The van der Waals surface area contributed by atoms with E-state index in [1.807, 2.05) is 0 Å². The standard InChI is InChI=1S/C16H17N5O4/c1-25-16(24)13-10-20(8-9-22)15(23)14(13)18-11-2-4-12(5-3-11)21-7-6-17-19-21/h2-7,18,22H,8-10H2,1H3. The monoisotopic (exact) mass is 343 g/mol. The Morgan fingerprint density at radius 3 is 2.72 bits per heavy atom. The van der Waals surface area contributed by atoms with Gasteiger partial charge in [0, 0.05) is 12.2 Å². The normalized spacial score (nSPS) is 14.2. The highest BCUT2D eigenvalue weighted by molar-refractivity contribution is 6.08. The van der Waals surface area contributed by atoms with E-state index in [1.54, 1.807) is 41.3 Å². The summed E-state index contributed by atoms with van der Waals surface area (Å²) in [6.45, 7) is 0.0707. The van der Waals surface area contributed by atoms with Crippen LogP contribution >= 0.6 is 0 Å². The van der Waals surface area contributed by atoms with Gasteiger partial charge < -0.3 is 20.1 Å². The third-order valence-corrected chi connectivity index (χ3v) is 3.78. The molecule has 0 atom stereocenters. The van der Waals surface area contributed by atoms with E-state index in [0.717, 1.165) is 5.69 Å². The minimum absolute atomic E-state index is 0.103. The summed E-state index contributed by atoms with van der Waals surface area (Å²) in [6.07, 6.45) is 3.29. The maximum atomic E-state index is 12.4. The van der Waals surface area contributed by atoms with Crippen LogP contribution in [0.5, 0.6) is 0 Å². The van der Waals surface area contributed by atoms with E-state index in [9.17, 15) is 9.59 Å². The molecule has 9 heteroatoms. The molecule has 1 aliphatic heterocycles. The number of carbonyl (C=O) groups is 2. The topological polar surface area (TPSA) is 110 Å². The first-order chi connectivity index (χ1) is 12.1. The van der Waals surface area contributed by atoms with Gasteiger partial charge in [-0.3, -0.25) is 4.79 Å². The average Bonchev–Trinajstić information content (AvgIpc) is 3.26. The molecular formula is C16H17N5O4. The van der Waals surface area contributed by atoms with Crippen LogP contribution in [0.25, 0.3) is 5.69 Å². The van der Waals surface area contributed by atoms with Gasteiger partial charge in [0.2, 0.25) is 0 Å². The highest BCUT2D eigenvalue weighted by atomic mass is 16.5. The van der Waals surface area contributed by atoms with E-state index in [2.05, 4.69) is 15.6 Å². The molecule has 1 aromatic carbocycles. The maximum absolute atomic E-state index is 12.4. The van der Waals surface area contributed by atoms with Gasteiger partial charge >= 0.3 is 5.97 Å². The Bertz CT molecular complexity index is 798. The number of nitrogens with zero attached hydrogens (tertiary/aromatic N) is 4. The van der Waals surface area contributed by atoms with Gasteiger partial charge in [-0.05, 0) is 24.3 Å². The van der Waals surface area contributed by atoms with Crippen molar-refractivity contribution in [2.75, 3.05) is 32.1 Å². The van der Waals surface area contributed by atoms with Gasteiger partial charge in [0.1, 0.15) is 5.70 Å². The second kappa shape index (κ2) is 7.14. The number of aliphatic hydroxyl groups excluding tert-OH is 1. The molecule has 3 rings (SSSR count). The molecule has 1 aromatic heterocycles. The smallest absolute Gasteiger partial charge is 0.337 e. The molecule has 0 unspecified atom stereocenters. The lowest BCUT2D eigenvalue weighted by Gasteiger charge is -2.15. The van der Waals surface area contributed by atoms with Crippen LogP contribution in [-0.4, -0.2) is 63.7 Å². The van der Waals surface area contributed by atoms with E-state index >= 15 is 0 Å². The lowest BCUT2D eigenvalue weighted by molar-refractivity contribution is -0.136. The van der Waals surface area contributed by atoms with Gasteiger partial charge in [0.15, 0.2) is 0 Å². The Labute approximate surface area is 143 Å². The van der Waals surface area contributed by atoms with Crippen LogP contribution in [0.15, 0.2) is 47.9 Å². The molecule has 0 saturated carbocycles. The Balaban J connectivity index is 1.83. The molecule has 2 heterocycles. The van der Waals surface area contributed by atoms with Gasteiger partial charge in [-0.25, -0.2) is 9.48 Å². The van der Waals surface area contributed by atoms with Crippen molar-refractivity contribution < 1.29 is 19.4 Å². The summed E-state index contributed by atoms with van der Waals surface area (Å²) in [5.74, 6) is -0.926. The molecule has 0 spiro atoms. The Morgan fingerprint density at radius 1 is 1.36 bits per heavy atom. The number of benzene rings is 1. The Morgan fingerprint density at radius 2 is 2.12 bits per heavy atom. The second-order valence-electron chi connectivity index (χ2n) is 5.31. The minimum atomic E-state index is -0.574. The SMILES string of the molecule is COC(=O)C1=C(Nc2ccc(-n3ccnn3)cc2)C(=O)N(CCO)C1. The number of amides is 1. The summed E-state index contributed by atoms with van der Waals surface area (Å²) in [6, 6.07) is 7.14. The third-order valence-electron chi connectivity index (χ3n) is 3.78. The van der Waals surface area contributed by atoms with Gasteiger partial charge in [0.25, 0.3) is 5.91 Å². The number of aromatic nitrogens is 3. The van der Waals surface area contributed by atoms with Crippen LogP contribution in [0, 0.1) is 0 Å². The molecule has 0 saturated heterocycles. The predicted molar refractivity (Wildman–Crippen MR) is 87.7 cm³/mol. The summed E-state index contributed by atoms with van der Waals surface area (Å²) in [5.41, 5.74) is 1.85. The van der Waals surface area contributed by atoms with Crippen LogP contribution < -0.4 is 5.32 Å². The molecule has 25 heavy (non-hydrogen) atoms. The number of ether oxygens (including phenoxy) is 1. The van der Waals surface area contributed by atoms with Gasteiger partial charge in [-0.2, -0.15) is 0 Å². The zero-order valence-electron chi connectivity index (χ0n) is 13.5. The van der Waals surface area contributed by atoms with Crippen molar-refractivity contribution >= 4 is 17.6 Å². The molecule has 0 radical (unpaired) electrons. The van der Waals surface area contributed by atoms with Crippen molar-refractivity contribution in [3.63, 3.8) is 0 Å². The third kappa shape index (κ3) is 3.36. The molecule has 2 aromatic rings. The number of esters is 1. The van der Waals surface area contributed by atoms with Crippen LogP contribution in [0.4, 0.5) is 5.69 Å². The molecule has 9 nitrogen and oxygen atoms in total. The van der Waals surface area contributed by atoms with Crippen LogP contribution in [-0.2, 0) is 14.3 Å². The predicted octanol–water partition coefficient (Wildman–Crippen LogP) is -0.0592. The fourth-order valence-corrected chi connectivity index (χ4v) is 2.54. The maximum Gasteiger partial charge on any atom is 0.337 e. The zero-order chi connectivity index (χ0) is 17.8. The lowest BCUT2D eigenvalue weighted by Crippen LogP contribution is -2.31. The summed E-state index contributed by atoms with van der Waals surface area (Å²) in [7, 11) is 1.26. The number of carbonyl (C=O) groups excluding carboxylic acids is 2. The number of methoxy groups -OCH3 is 1. The average molecular weight is 343 g/mol. The van der Waals surface area contributed by atoms with Crippen molar-refractivity contribution in [2.45, 2.75) is 0 Å². The number of aliphatic hydroxyl groups is 1. The van der Waals surface area contributed by atoms with Crippen molar-refractivity contribution in [1.29, 1.82) is 0 Å². The number of rotatable bonds is 6. The number of anilines is 1. The van der Waals surface area contributed by atoms with Crippen molar-refractivity contribution in [3.8, 4) is 5.69 Å². The number of hydrogen-bond donors (Lipinski definition) is 2. The first-order valence-corrected chi connectivity index (χ1v) is 7.59. The van der Waals surface area contributed by atoms with E-state index in [-0.39, 0.29) is 36.9 Å². The highest BCUT2D eigenvalue weighted by Crippen LogP contribution is 2.23. The Hall–Kier alpha value is -3.20. The van der Waals surface area contributed by atoms with Crippen molar-refractivity contribution in [3.05, 3.63) is 47.9 Å². The van der Waals surface area contributed by atoms with E-state index in [0.29, 0.717) is 5.69 Å². The molecule has 130 valence electrons. The van der Waals surface area contributed by atoms with E-state index < -0.39 is 5.97 Å². The fraction of sp³-hybridized carbons (Fsp3) is 0.250. The molecule has 1 aliphatic rings. The quantitative estimate of drug-likeness (QED) is 0.707. The van der Waals surface area contributed by atoms with Crippen LogP contribution in [0.2, 0.25) is 0 Å². The second-order valence-corrected chi connectivity index (χ2v) is 5.31. The van der Waals surface area contributed by atoms with Gasteiger partial charge in [0.05, 0.1) is 43.9 Å². The molecule has 2 N–H and O–H groups in total. The minimum Gasteiger partial charge on any atom is -0.466 e. The first-order valence-electron chi connectivity index (χ1n) is 7.59. The highest BCUT2D eigenvalue weighted by Gasteiger charge is 2.34. The van der Waals surface area contributed by atoms with Crippen molar-refractivity contribution in [2.24, 2.45) is 0 Å². The first kappa shape index (κ1) is 16.7. The van der Waals surface area contributed by atoms with Gasteiger partial charge in [-0.1, -0.05) is 5.21 Å². The van der Waals surface area contributed by atoms with E-state index in [1.165, 1.54) is 12.0 Å². The number of hydrogen-bond acceptors (Lipinski definition) is 7. The summed E-state index contributed by atoms with van der Waals surface area (Å²) in [5, 5.41) is 19.7. The van der Waals surface area contributed by atoms with Crippen LogP contribution in [0.1, 0.15) is 0 Å².